The summed E-state index contributed by atoms with van der Waals surface area (Å²) in [6.07, 6.45) is 2.87. The second-order valence-corrected chi connectivity index (χ2v) is 4.48. The number of unbranched alkanes of at least 4 members (excludes halogenated alkanes) is 2. The molecule has 0 unspecified atom stereocenters. The Morgan fingerprint density at radius 3 is 3.12 bits per heavy atom. The van der Waals surface area contributed by atoms with Crippen molar-refractivity contribution in [2.75, 3.05) is 13.1 Å². The molecule has 1 amide bonds. The van der Waals surface area contributed by atoms with Crippen LogP contribution in [0.2, 0.25) is 0 Å². The van der Waals surface area contributed by atoms with E-state index in [0.717, 1.165) is 17.8 Å². The zero-order valence-electron chi connectivity index (χ0n) is 9.61. The predicted molar refractivity (Wildman–Crippen MR) is 66.7 cm³/mol. The largest absolute Gasteiger partial charge is 0.351 e. The highest BCUT2D eigenvalue weighted by Gasteiger charge is 2.09. The second-order valence-electron chi connectivity index (χ2n) is 3.54. The molecule has 1 heterocycles. The summed E-state index contributed by atoms with van der Waals surface area (Å²) in [5.41, 5.74) is 5.87. The predicted octanol–water partition coefficient (Wildman–Crippen LogP) is 1.07. The Kier molecular flexibility index (Phi) is 6.22. The summed E-state index contributed by atoms with van der Waals surface area (Å²) in [4.78, 5) is 15.8. The maximum atomic E-state index is 11.6. The molecule has 0 atom stereocenters. The van der Waals surface area contributed by atoms with E-state index in [0.29, 0.717) is 31.6 Å². The molecular formula is C11H16N4OS. The molecule has 5 nitrogen and oxygen atoms in total. The van der Waals surface area contributed by atoms with Gasteiger partial charge in [-0.05, 0) is 19.4 Å². The van der Waals surface area contributed by atoms with Gasteiger partial charge < -0.3 is 11.1 Å². The Morgan fingerprint density at radius 1 is 1.59 bits per heavy atom. The quantitative estimate of drug-likeness (QED) is 0.710. The minimum Gasteiger partial charge on any atom is -0.351 e. The molecule has 1 rings (SSSR count). The smallest absolute Gasteiger partial charge is 0.270 e. The molecule has 0 aromatic carbocycles. The Hall–Kier alpha value is -1.45. The minimum absolute atomic E-state index is 0.151. The number of hydrogen-bond donors (Lipinski definition) is 2. The van der Waals surface area contributed by atoms with Crippen molar-refractivity contribution in [3.8, 4) is 6.07 Å². The van der Waals surface area contributed by atoms with Crippen LogP contribution in [0, 0.1) is 11.3 Å². The average molecular weight is 252 g/mol. The summed E-state index contributed by atoms with van der Waals surface area (Å²) < 4.78 is 0. The number of nitrogens with zero attached hydrogens (tertiary/aromatic N) is 2. The van der Waals surface area contributed by atoms with Crippen molar-refractivity contribution in [2.45, 2.75) is 25.7 Å². The van der Waals surface area contributed by atoms with Gasteiger partial charge in [0.15, 0.2) is 0 Å². The van der Waals surface area contributed by atoms with Crippen molar-refractivity contribution in [1.29, 1.82) is 5.26 Å². The van der Waals surface area contributed by atoms with Crippen LogP contribution >= 0.6 is 11.3 Å². The summed E-state index contributed by atoms with van der Waals surface area (Å²) in [7, 11) is 0. The van der Waals surface area contributed by atoms with Gasteiger partial charge in [-0.15, -0.1) is 11.3 Å². The molecule has 17 heavy (non-hydrogen) atoms. The molecule has 1 aromatic rings. The lowest BCUT2D eigenvalue weighted by Crippen LogP contribution is -2.24. The zero-order valence-corrected chi connectivity index (χ0v) is 10.4. The number of carbonyl (C=O) groups is 1. The number of nitrogens with two attached hydrogens (primary N) is 1. The lowest BCUT2D eigenvalue weighted by atomic mass is 10.2. The fourth-order valence-corrected chi connectivity index (χ4v) is 2.07. The molecule has 0 spiro atoms. The lowest BCUT2D eigenvalue weighted by molar-refractivity contribution is 0.0948. The van der Waals surface area contributed by atoms with E-state index < -0.39 is 0 Å². The first-order valence-corrected chi connectivity index (χ1v) is 6.45. The topological polar surface area (TPSA) is 91.8 Å². The van der Waals surface area contributed by atoms with E-state index in [4.69, 9.17) is 11.0 Å². The monoisotopic (exact) mass is 252 g/mol. The highest BCUT2D eigenvalue weighted by atomic mass is 32.1. The number of hydrogen-bond acceptors (Lipinski definition) is 5. The van der Waals surface area contributed by atoms with Gasteiger partial charge in [0.05, 0.1) is 11.1 Å². The van der Waals surface area contributed by atoms with E-state index in [9.17, 15) is 4.79 Å². The SMILES string of the molecule is N#CCCCCNC(=O)c1csc(CCN)n1. The van der Waals surface area contributed by atoms with E-state index >= 15 is 0 Å². The third kappa shape index (κ3) is 4.93. The van der Waals surface area contributed by atoms with E-state index in [1.54, 1.807) is 5.38 Å². The molecular weight excluding hydrogens is 236 g/mol. The summed E-state index contributed by atoms with van der Waals surface area (Å²) in [6, 6.07) is 2.07. The van der Waals surface area contributed by atoms with Crippen molar-refractivity contribution in [3.05, 3.63) is 16.1 Å². The van der Waals surface area contributed by atoms with Crippen molar-refractivity contribution < 1.29 is 4.79 Å². The van der Waals surface area contributed by atoms with E-state index in [-0.39, 0.29) is 5.91 Å². The standard InChI is InChI=1S/C11H16N4OS/c12-5-2-1-3-7-14-11(16)9-8-17-10(15-9)4-6-13/h8H,1-4,6-7,13H2,(H,14,16). The maximum Gasteiger partial charge on any atom is 0.270 e. The molecule has 0 aliphatic heterocycles. The number of thiazole rings is 1. The zero-order chi connectivity index (χ0) is 12.5. The van der Waals surface area contributed by atoms with Crippen LogP contribution in [-0.2, 0) is 6.42 Å². The van der Waals surface area contributed by atoms with Crippen LogP contribution in [0.25, 0.3) is 0 Å². The van der Waals surface area contributed by atoms with Crippen LogP contribution in [0.5, 0.6) is 0 Å². The van der Waals surface area contributed by atoms with Crippen LogP contribution < -0.4 is 11.1 Å². The molecule has 0 bridgehead atoms. The van der Waals surface area contributed by atoms with Crippen LogP contribution in [0.1, 0.15) is 34.8 Å². The van der Waals surface area contributed by atoms with Crippen LogP contribution in [-0.4, -0.2) is 24.0 Å². The Balaban J connectivity index is 2.29. The van der Waals surface area contributed by atoms with E-state index in [1.165, 1.54) is 11.3 Å². The molecule has 0 fully saturated rings. The Bertz CT molecular complexity index is 396. The van der Waals surface area contributed by atoms with Gasteiger partial charge in [0, 0.05) is 24.8 Å². The molecule has 1 aromatic heterocycles. The number of nitrogens with one attached hydrogen (secondary N) is 1. The number of aromatic nitrogens is 1. The number of amides is 1. The fraction of sp³-hybridized carbons (Fsp3) is 0.545. The van der Waals surface area contributed by atoms with Gasteiger partial charge in [-0.2, -0.15) is 5.26 Å². The normalized spacial score (nSPS) is 9.88. The molecule has 0 aliphatic carbocycles. The van der Waals surface area contributed by atoms with E-state index in [1.807, 2.05) is 0 Å². The van der Waals surface area contributed by atoms with E-state index in [2.05, 4.69) is 16.4 Å². The number of rotatable bonds is 7. The van der Waals surface area contributed by atoms with Crippen molar-refractivity contribution in [1.82, 2.24) is 10.3 Å². The lowest BCUT2D eigenvalue weighted by Gasteiger charge is -2.01. The van der Waals surface area contributed by atoms with Crippen LogP contribution in [0.4, 0.5) is 0 Å². The Morgan fingerprint density at radius 2 is 2.41 bits per heavy atom. The van der Waals surface area contributed by atoms with Crippen LogP contribution in [0.15, 0.2) is 5.38 Å². The first kappa shape index (κ1) is 13.6. The highest BCUT2D eigenvalue weighted by molar-refractivity contribution is 7.09. The van der Waals surface area contributed by atoms with Crippen molar-refractivity contribution in [3.63, 3.8) is 0 Å². The molecule has 0 radical (unpaired) electrons. The van der Waals surface area contributed by atoms with Crippen molar-refractivity contribution in [2.24, 2.45) is 5.73 Å². The first-order valence-electron chi connectivity index (χ1n) is 5.57. The summed E-state index contributed by atoms with van der Waals surface area (Å²) in [5.74, 6) is -0.151. The molecule has 3 N–H and O–H groups in total. The average Bonchev–Trinajstić information content (AvgIpc) is 2.78. The maximum absolute atomic E-state index is 11.6. The van der Waals surface area contributed by atoms with Gasteiger partial charge in [0.25, 0.3) is 5.91 Å². The number of carbonyl (C=O) groups excluding carboxylic acids is 1. The second kappa shape index (κ2) is 7.76. The summed E-state index contributed by atoms with van der Waals surface area (Å²) in [6.45, 7) is 1.13. The van der Waals surface area contributed by atoms with Gasteiger partial charge >= 0.3 is 0 Å². The van der Waals surface area contributed by atoms with Gasteiger partial charge in [-0.25, -0.2) is 4.98 Å². The molecule has 0 aliphatic rings. The molecule has 0 saturated carbocycles. The third-order valence-corrected chi connectivity index (χ3v) is 3.05. The highest BCUT2D eigenvalue weighted by Crippen LogP contribution is 2.09. The minimum atomic E-state index is -0.151. The fourth-order valence-electron chi connectivity index (χ4n) is 1.28. The third-order valence-electron chi connectivity index (χ3n) is 2.14. The molecule has 6 heteroatoms. The van der Waals surface area contributed by atoms with Crippen LogP contribution in [0.3, 0.4) is 0 Å². The van der Waals surface area contributed by atoms with Gasteiger partial charge in [-0.1, -0.05) is 0 Å². The number of nitriles is 1. The first-order chi connectivity index (χ1) is 8.27. The van der Waals surface area contributed by atoms with Crippen molar-refractivity contribution >= 4 is 17.2 Å². The molecule has 0 saturated heterocycles. The Labute approximate surface area is 105 Å². The van der Waals surface area contributed by atoms with Gasteiger partial charge in [0.2, 0.25) is 0 Å². The van der Waals surface area contributed by atoms with Gasteiger partial charge in [0.1, 0.15) is 5.69 Å². The summed E-state index contributed by atoms with van der Waals surface area (Å²) >= 11 is 1.45. The van der Waals surface area contributed by atoms with Gasteiger partial charge in [-0.3, -0.25) is 4.79 Å². The summed E-state index contributed by atoms with van der Waals surface area (Å²) in [5, 5.41) is 13.8. The molecule has 92 valence electrons.